The summed E-state index contributed by atoms with van der Waals surface area (Å²) in [6.07, 6.45) is 0. The largest absolute Gasteiger partial charge is 0.478 e. The second-order valence-electron chi connectivity index (χ2n) is 4.55. The number of pyridine rings is 1. The van der Waals surface area contributed by atoms with Crippen molar-refractivity contribution in [3.63, 3.8) is 0 Å². The third-order valence-electron chi connectivity index (χ3n) is 3.33. The van der Waals surface area contributed by atoms with E-state index in [2.05, 4.69) is 4.98 Å². The van der Waals surface area contributed by atoms with Crippen molar-refractivity contribution in [2.75, 3.05) is 0 Å². The molecule has 3 rings (SSSR count). The lowest BCUT2D eigenvalue weighted by Gasteiger charge is -2.08. The van der Waals surface area contributed by atoms with Gasteiger partial charge in [-0.2, -0.15) is 0 Å². The molecule has 6 heteroatoms. The summed E-state index contributed by atoms with van der Waals surface area (Å²) in [5.41, 5.74) is -0.796. The van der Waals surface area contributed by atoms with Gasteiger partial charge in [-0.05, 0) is 22.9 Å². The fraction of sp³-hybridized carbons (Fsp3) is 0. The molecule has 0 aliphatic heterocycles. The molecular weight excluding hydrogens is 274 g/mol. The maximum absolute atomic E-state index is 11.7. The molecule has 3 N–H and O–H groups in total. The number of H-pyrrole nitrogens is 1. The molecule has 0 aliphatic rings. The minimum atomic E-state index is -1.33. The number of fused-ring (bicyclic) bond motifs is 3. The van der Waals surface area contributed by atoms with Gasteiger partial charge in [0.05, 0.1) is 5.56 Å². The van der Waals surface area contributed by atoms with E-state index in [4.69, 9.17) is 5.11 Å². The molecule has 0 saturated heterocycles. The molecule has 21 heavy (non-hydrogen) atoms. The number of aromatic carboxylic acids is 2. The van der Waals surface area contributed by atoms with Gasteiger partial charge in [-0.25, -0.2) is 9.59 Å². The van der Waals surface area contributed by atoms with Crippen LogP contribution in [0, 0.1) is 0 Å². The Morgan fingerprint density at radius 1 is 0.857 bits per heavy atom. The van der Waals surface area contributed by atoms with E-state index in [0.717, 1.165) is 0 Å². The Labute approximate surface area is 117 Å². The summed E-state index contributed by atoms with van der Waals surface area (Å²) in [5.74, 6) is -2.44. The van der Waals surface area contributed by atoms with Crippen LogP contribution in [0.3, 0.4) is 0 Å². The van der Waals surface area contributed by atoms with Crippen molar-refractivity contribution < 1.29 is 19.8 Å². The van der Waals surface area contributed by atoms with Crippen LogP contribution in [0.25, 0.3) is 21.7 Å². The number of nitrogens with one attached hydrogen (secondary N) is 1. The first kappa shape index (κ1) is 12.9. The van der Waals surface area contributed by atoms with Crippen LogP contribution in [-0.4, -0.2) is 27.1 Å². The topological polar surface area (TPSA) is 107 Å². The average Bonchev–Trinajstić information content (AvgIpc) is 2.45. The van der Waals surface area contributed by atoms with Crippen molar-refractivity contribution in [3.8, 4) is 0 Å². The number of hydrogen-bond acceptors (Lipinski definition) is 3. The molecule has 0 unspecified atom stereocenters. The molecule has 0 saturated carbocycles. The Balaban J connectivity index is 2.56. The van der Waals surface area contributed by atoms with E-state index in [-0.39, 0.29) is 11.1 Å². The molecular formula is C15H9NO5. The van der Waals surface area contributed by atoms with Gasteiger partial charge in [0.25, 0.3) is 5.56 Å². The predicted octanol–water partition coefficient (Wildman–Crippen LogP) is 2.08. The number of aromatic amines is 1. The summed E-state index contributed by atoms with van der Waals surface area (Å²) in [6.45, 7) is 0. The van der Waals surface area contributed by atoms with Crippen LogP contribution >= 0.6 is 0 Å². The number of hydrogen-bond donors (Lipinski definition) is 3. The molecule has 0 fully saturated rings. The van der Waals surface area contributed by atoms with Crippen molar-refractivity contribution in [1.82, 2.24) is 4.98 Å². The minimum absolute atomic E-state index is 0.0526. The van der Waals surface area contributed by atoms with Crippen LogP contribution in [0.1, 0.15) is 20.7 Å². The minimum Gasteiger partial charge on any atom is -0.478 e. The van der Waals surface area contributed by atoms with Crippen LogP contribution in [0.5, 0.6) is 0 Å². The molecule has 3 aromatic rings. The van der Waals surface area contributed by atoms with Crippen LogP contribution < -0.4 is 5.56 Å². The normalized spacial score (nSPS) is 10.9. The zero-order valence-electron chi connectivity index (χ0n) is 10.6. The highest BCUT2D eigenvalue weighted by Gasteiger charge is 2.15. The Morgan fingerprint density at radius 2 is 1.48 bits per heavy atom. The van der Waals surface area contributed by atoms with Gasteiger partial charge in [-0.3, -0.25) is 4.79 Å². The maximum Gasteiger partial charge on any atom is 0.341 e. The fourth-order valence-corrected chi connectivity index (χ4v) is 2.39. The highest BCUT2D eigenvalue weighted by atomic mass is 16.4. The zero-order chi connectivity index (χ0) is 15.1. The first-order valence-electron chi connectivity index (χ1n) is 6.04. The van der Waals surface area contributed by atoms with Crippen LogP contribution in [0.2, 0.25) is 0 Å². The van der Waals surface area contributed by atoms with E-state index in [1.54, 1.807) is 24.3 Å². The standard InChI is InChI=1S/C15H9NO5/c17-13-11(15(20)21)5-9-7-3-1-2-4-8(7)10(14(18)19)6-12(9)16-13/h1-6H,(H,16,17)(H,18,19)(H,20,21). The second-order valence-corrected chi connectivity index (χ2v) is 4.55. The van der Waals surface area contributed by atoms with Gasteiger partial charge in [0.1, 0.15) is 5.56 Å². The Kier molecular flexibility index (Phi) is 2.72. The number of carboxylic acid groups (broad SMARTS) is 2. The summed E-state index contributed by atoms with van der Waals surface area (Å²) >= 11 is 0. The van der Waals surface area contributed by atoms with Crippen molar-refractivity contribution in [3.05, 3.63) is 57.9 Å². The molecule has 0 spiro atoms. The SMILES string of the molecule is O=C(O)c1cc2c(cc(C(=O)O)c3ccccc32)[nH]c1=O. The number of rotatable bonds is 2. The fourth-order valence-electron chi connectivity index (χ4n) is 2.39. The molecule has 6 nitrogen and oxygen atoms in total. The Hall–Kier alpha value is -3.15. The van der Waals surface area contributed by atoms with Gasteiger partial charge in [-0.15, -0.1) is 0 Å². The highest BCUT2D eigenvalue weighted by Crippen LogP contribution is 2.27. The molecule has 0 atom stereocenters. The van der Waals surface area contributed by atoms with E-state index < -0.39 is 17.5 Å². The molecule has 0 amide bonds. The van der Waals surface area contributed by atoms with E-state index >= 15 is 0 Å². The van der Waals surface area contributed by atoms with Crippen molar-refractivity contribution >= 4 is 33.6 Å². The molecule has 1 aromatic heterocycles. The lowest BCUT2D eigenvalue weighted by Crippen LogP contribution is -2.17. The molecule has 0 aliphatic carbocycles. The van der Waals surface area contributed by atoms with Gasteiger partial charge in [-0.1, -0.05) is 24.3 Å². The molecule has 0 radical (unpaired) electrons. The van der Waals surface area contributed by atoms with Crippen LogP contribution in [-0.2, 0) is 0 Å². The van der Waals surface area contributed by atoms with Gasteiger partial charge in [0.2, 0.25) is 0 Å². The summed E-state index contributed by atoms with van der Waals surface area (Å²) in [7, 11) is 0. The first-order valence-corrected chi connectivity index (χ1v) is 6.04. The summed E-state index contributed by atoms with van der Waals surface area (Å²) in [6, 6.07) is 9.36. The van der Waals surface area contributed by atoms with E-state index in [0.29, 0.717) is 21.7 Å². The highest BCUT2D eigenvalue weighted by molar-refractivity contribution is 6.15. The number of aromatic nitrogens is 1. The summed E-state index contributed by atoms with van der Waals surface area (Å²) in [4.78, 5) is 36.5. The first-order chi connectivity index (χ1) is 9.99. The predicted molar refractivity (Wildman–Crippen MR) is 76.0 cm³/mol. The lowest BCUT2D eigenvalue weighted by molar-refractivity contribution is 0.0685. The quantitative estimate of drug-likeness (QED) is 0.624. The van der Waals surface area contributed by atoms with Crippen molar-refractivity contribution in [2.24, 2.45) is 0 Å². The van der Waals surface area contributed by atoms with Crippen molar-refractivity contribution in [2.45, 2.75) is 0 Å². The average molecular weight is 283 g/mol. The lowest BCUT2D eigenvalue weighted by atomic mass is 9.99. The smallest absolute Gasteiger partial charge is 0.341 e. The monoisotopic (exact) mass is 283 g/mol. The molecule has 0 bridgehead atoms. The van der Waals surface area contributed by atoms with E-state index in [9.17, 15) is 19.5 Å². The van der Waals surface area contributed by atoms with Crippen LogP contribution in [0.15, 0.2) is 41.2 Å². The van der Waals surface area contributed by atoms with Gasteiger partial charge >= 0.3 is 11.9 Å². The zero-order valence-corrected chi connectivity index (χ0v) is 10.6. The number of carbonyl (C=O) groups is 2. The molecule has 1 heterocycles. The third kappa shape index (κ3) is 1.93. The number of benzene rings is 2. The summed E-state index contributed by atoms with van der Waals surface area (Å²) in [5, 5.41) is 19.8. The van der Waals surface area contributed by atoms with Gasteiger partial charge in [0.15, 0.2) is 0 Å². The Morgan fingerprint density at radius 3 is 2.10 bits per heavy atom. The summed E-state index contributed by atoms with van der Waals surface area (Å²) < 4.78 is 0. The van der Waals surface area contributed by atoms with Gasteiger partial charge < -0.3 is 15.2 Å². The van der Waals surface area contributed by atoms with E-state index in [1.165, 1.54) is 12.1 Å². The second kappa shape index (κ2) is 4.45. The van der Waals surface area contributed by atoms with Crippen LogP contribution in [0.4, 0.5) is 0 Å². The Bertz CT molecular complexity index is 971. The van der Waals surface area contributed by atoms with Crippen molar-refractivity contribution in [1.29, 1.82) is 0 Å². The molecule has 104 valence electrons. The number of carboxylic acids is 2. The molecule has 2 aromatic carbocycles. The third-order valence-corrected chi connectivity index (χ3v) is 3.33. The van der Waals surface area contributed by atoms with Gasteiger partial charge in [0, 0.05) is 10.9 Å². The maximum atomic E-state index is 11.7. The van der Waals surface area contributed by atoms with E-state index in [1.807, 2.05) is 0 Å².